The first kappa shape index (κ1) is 38.2. The largest absolute Gasteiger partial charge is 0.457 e. The van der Waals surface area contributed by atoms with Gasteiger partial charge in [0.25, 0.3) is 0 Å². The fraction of sp³-hybridized carbons (Fsp3) is 0.241. The minimum absolute atomic E-state index is 0.000253. The molecule has 0 bridgehead atoms. The Hall–Kier alpha value is -6.33. The van der Waals surface area contributed by atoms with Gasteiger partial charge in [-0.2, -0.15) is 0 Å². The van der Waals surface area contributed by atoms with Crippen molar-refractivity contribution in [3.8, 4) is 28.4 Å². The number of hydrogen-bond donors (Lipinski definition) is 0. The number of anilines is 4. The molecular weight excluding hydrogens is 721 g/mol. The van der Waals surface area contributed by atoms with E-state index in [1.165, 1.54) is 50.0 Å². The quantitative estimate of drug-likeness (QED) is 0.168. The molecular formula is C54H54N4O. The van der Waals surface area contributed by atoms with E-state index in [1.807, 2.05) is 12.3 Å². The van der Waals surface area contributed by atoms with Crippen LogP contribution in [0.5, 0.6) is 11.5 Å². The number of pyridine rings is 1. The van der Waals surface area contributed by atoms with Crippen molar-refractivity contribution in [3.05, 3.63) is 168 Å². The molecule has 296 valence electrons. The molecule has 0 saturated heterocycles. The molecule has 1 aliphatic rings. The Morgan fingerprint density at radius 1 is 0.475 bits per heavy atom. The van der Waals surface area contributed by atoms with Crippen LogP contribution >= 0.6 is 0 Å². The number of ether oxygens (including phenoxy) is 1. The molecule has 3 heterocycles. The van der Waals surface area contributed by atoms with E-state index in [2.05, 4.69) is 216 Å². The number of nitrogens with zero attached hydrogens (tertiary/aromatic N) is 4. The zero-order valence-electron chi connectivity index (χ0n) is 35.8. The lowest BCUT2D eigenvalue weighted by atomic mass is 9.84. The standard InChI is InChI=1S/C54H54N4O/c1-52(2,3)37-23-21-36(22-24-37)43-27-25-38(53(4,5)6)31-49(43)57-35-56(47-19-12-13-20-48(47)57)40-15-14-16-41(33-40)59-42-26-28-45-44-17-10-11-18-46(44)58(50(45)34-42)51-32-39(29-30-55-51)54(7,8)9/h10-34H,35H2,1-9H3. The summed E-state index contributed by atoms with van der Waals surface area (Å²) in [5.41, 5.74) is 13.2. The van der Waals surface area contributed by atoms with Crippen LogP contribution in [0.4, 0.5) is 22.7 Å². The van der Waals surface area contributed by atoms with E-state index in [-0.39, 0.29) is 16.2 Å². The monoisotopic (exact) mass is 774 g/mol. The lowest BCUT2D eigenvalue weighted by molar-refractivity contribution is 0.483. The molecule has 9 rings (SSSR count). The third-order valence-electron chi connectivity index (χ3n) is 11.8. The van der Waals surface area contributed by atoms with E-state index >= 15 is 0 Å². The minimum atomic E-state index is -0.00166. The molecule has 0 aliphatic carbocycles. The van der Waals surface area contributed by atoms with Gasteiger partial charge in [0.1, 0.15) is 24.0 Å². The molecule has 8 aromatic rings. The molecule has 59 heavy (non-hydrogen) atoms. The average molecular weight is 775 g/mol. The van der Waals surface area contributed by atoms with Crippen LogP contribution in [0.2, 0.25) is 0 Å². The second-order valence-electron chi connectivity index (χ2n) is 19.1. The zero-order chi connectivity index (χ0) is 41.3. The van der Waals surface area contributed by atoms with Crippen LogP contribution in [0.15, 0.2) is 152 Å². The lowest BCUT2D eigenvalue weighted by Gasteiger charge is -2.28. The van der Waals surface area contributed by atoms with E-state index < -0.39 is 0 Å². The number of aromatic nitrogens is 2. The molecule has 5 nitrogen and oxygen atoms in total. The molecule has 0 atom stereocenters. The fourth-order valence-corrected chi connectivity index (χ4v) is 8.38. The molecule has 5 heteroatoms. The van der Waals surface area contributed by atoms with Crippen molar-refractivity contribution >= 4 is 44.6 Å². The second kappa shape index (κ2) is 14.2. The molecule has 0 spiro atoms. The SMILES string of the molecule is CC(C)(C)c1ccc(-c2ccc(C(C)(C)C)cc2N2CN(c3cccc(Oc4ccc5c6ccccc6n(-c6cc(C(C)(C)C)ccn6)c5c4)c3)c3ccccc32)cc1. The predicted octanol–water partition coefficient (Wildman–Crippen LogP) is 14.8. The van der Waals surface area contributed by atoms with Crippen LogP contribution in [0.25, 0.3) is 38.8 Å². The smallest absolute Gasteiger partial charge is 0.137 e. The summed E-state index contributed by atoms with van der Waals surface area (Å²) in [6.07, 6.45) is 1.92. The molecule has 0 fully saturated rings. The van der Waals surface area contributed by atoms with Gasteiger partial charge in [-0.05, 0) is 99.2 Å². The maximum Gasteiger partial charge on any atom is 0.137 e. The second-order valence-corrected chi connectivity index (χ2v) is 19.1. The Morgan fingerprint density at radius 2 is 1.10 bits per heavy atom. The molecule has 1 aliphatic heterocycles. The van der Waals surface area contributed by atoms with E-state index in [0.717, 1.165) is 39.7 Å². The molecule has 0 amide bonds. The number of rotatable bonds is 6. The van der Waals surface area contributed by atoms with Crippen LogP contribution in [0, 0.1) is 0 Å². The Bertz CT molecular complexity index is 2850. The maximum atomic E-state index is 6.74. The Labute approximate surface area is 349 Å². The highest BCUT2D eigenvalue weighted by Crippen LogP contribution is 2.48. The number of benzene rings is 6. The van der Waals surface area contributed by atoms with E-state index in [1.54, 1.807) is 0 Å². The van der Waals surface area contributed by atoms with Crippen molar-refractivity contribution in [2.75, 3.05) is 16.5 Å². The summed E-state index contributed by atoms with van der Waals surface area (Å²) in [5.74, 6) is 2.45. The summed E-state index contributed by atoms with van der Waals surface area (Å²) in [5, 5.41) is 2.35. The zero-order valence-corrected chi connectivity index (χ0v) is 35.8. The Kier molecular flexibility index (Phi) is 9.19. The van der Waals surface area contributed by atoms with Gasteiger partial charge < -0.3 is 14.5 Å². The normalized spacial score (nSPS) is 13.4. The first-order chi connectivity index (χ1) is 28.1. The highest BCUT2D eigenvalue weighted by molar-refractivity contribution is 6.09. The Morgan fingerprint density at radius 3 is 1.83 bits per heavy atom. The van der Waals surface area contributed by atoms with Crippen molar-refractivity contribution in [3.63, 3.8) is 0 Å². The first-order valence-electron chi connectivity index (χ1n) is 20.8. The van der Waals surface area contributed by atoms with E-state index in [0.29, 0.717) is 6.67 Å². The summed E-state index contributed by atoms with van der Waals surface area (Å²) < 4.78 is 9.01. The summed E-state index contributed by atoms with van der Waals surface area (Å²) in [6, 6.07) is 52.7. The van der Waals surface area contributed by atoms with Crippen LogP contribution in [-0.2, 0) is 16.2 Å². The van der Waals surface area contributed by atoms with Gasteiger partial charge in [0.2, 0.25) is 0 Å². The summed E-state index contributed by atoms with van der Waals surface area (Å²) in [4.78, 5) is 9.74. The van der Waals surface area contributed by atoms with Gasteiger partial charge in [-0.25, -0.2) is 4.98 Å². The van der Waals surface area contributed by atoms with Crippen molar-refractivity contribution in [2.45, 2.75) is 78.6 Å². The summed E-state index contributed by atoms with van der Waals surface area (Å²) >= 11 is 0. The van der Waals surface area contributed by atoms with Crippen molar-refractivity contribution in [2.24, 2.45) is 0 Å². The van der Waals surface area contributed by atoms with Crippen molar-refractivity contribution in [1.82, 2.24) is 9.55 Å². The Balaban J connectivity index is 1.08. The van der Waals surface area contributed by atoms with Crippen LogP contribution < -0.4 is 14.5 Å². The van der Waals surface area contributed by atoms with E-state index in [4.69, 9.17) is 9.72 Å². The number of fused-ring (bicyclic) bond motifs is 4. The topological polar surface area (TPSA) is 33.5 Å². The van der Waals surface area contributed by atoms with Gasteiger partial charge in [-0.15, -0.1) is 0 Å². The number of hydrogen-bond acceptors (Lipinski definition) is 4. The summed E-state index contributed by atoms with van der Waals surface area (Å²) in [6.45, 7) is 21.1. The highest BCUT2D eigenvalue weighted by Gasteiger charge is 2.31. The van der Waals surface area contributed by atoms with Gasteiger partial charge in [0.15, 0.2) is 0 Å². The molecule has 0 N–H and O–H groups in total. The van der Waals surface area contributed by atoms with Crippen LogP contribution in [-0.4, -0.2) is 16.2 Å². The predicted molar refractivity (Wildman–Crippen MR) is 249 cm³/mol. The van der Waals surface area contributed by atoms with Gasteiger partial charge >= 0.3 is 0 Å². The molecule has 0 saturated carbocycles. The maximum absolute atomic E-state index is 6.74. The average Bonchev–Trinajstić information content (AvgIpc) is 3.76. The summed E-state index contributed by atoms with van der Waals surface area (Å²) in [7, 11) is 0. The van der Waals surface area contributed by atoms with Crippen LogP contribution in [0.3, 0.4) is 0 Å². The third-order valence-corrected chi connectivity index (χ3v) is 11.8. The van der Waals surface area contributed by atoms with Crippen molar-refractivity contribution < 1.29 is 4.74 Å². The lowest BCUT2D eigenvalue weighted by Crippen LogP contribution is -2.25. The van der Waals surface area contributed by atoms with Gasteiger partial charge in [-0.3, -0.25) is 4.57 Å². The number of para-hydroxylation sites is 3. The minimum Gasteiger partial charge on any atom is -0.457 e. The van der Waals surface area contributed by atoms with E-state index in [9.17, 15) is 0 Å². The van der Waals surface area contributed by atoms with Gasteiger partial charge in [0.05, 0.1) is 28.1 Å². The highest BCUT2D eigenvalue weighted by atomic mass is 16.5. The van der Waals surface area contributed by atoms with Crippen LogP contribution in [0.1, 0.15) is 79.0 Å². The molecule has 0 unspecified atom stereocenters. The van der Waals surface area contributed by atoms with Gasteiger partial charge in [-0.1, -0.05) is 135 Å². The van der Waals surface area contributed by atoms with Gasteiger partial charge in [0, 0.05) is 40.4 Å². The third kappa shape index (κ3) is 7.13. The molecule has 2 aromatic heterocycles. The molecule has 0 radical (unpaired) electrons. The molecule has 6 aromatic carbocycles. The first-order valence-corrected chi connectivity index (χ1v) is 20.8. The fourth-order valence-electron chi connectivity index (χ4n) is 8.38. The van der Waals surface area contributed by atoms with Crippen molar-refractivity contribution in [1.29, 1.82) is 0 Å².